The van der Waals surface area contributed by atoms with Gasteiger partial charge in [-0.15, -0.1) is 0 Å². The second kappa shape index (κ2) is 8.41. The molecule has 8 nitrogen and oxygen atoms in total. The summed E-state index contributed by atoms with van der Waals surface area (Å²) in [6.07, 6.45) is 3.90. The number of rotatable bonds is 4. The van der Waals surface area contributed by atoms with E-state index in [4.69, 9.17) is 4.99 Å². The summed E-state index contributed by atoms with van der Waals surface area (Å²) in [5, 5.41) is 5.30. The smallest absolute Gasteiger partial charge is 0.328 e. The van der Waals surface area contributed by atoms with E-state index in [-0.39, 0.29) is 11.2 Å². The van der Waals surface area contributed by atoms with Gasteiger partial charge in [0.2, 0.25) is 0 Å². The zero-order valence-corrected chi connectivity index (χ0v) is 20.7. The first-order chi connectivity index (χ1) is 17.4. The first-order valence-corrected chi connectivity index (χ1v) is 12.2. The average molecular weight is 481 g/mol. The molecular formula is C28H28N6O2. The van der Waals surface area contributed by atoms with E-state index in [1.54, 1.807) is 34.1 Å². The molecule has 5 aromatic rings. The van der Waals surface area contributed by atoms with Crippen LogP contribution in [0.2, 0.25) is 0 Å². The Morgan fingerprint density at radius 3 is 2.36 bits per heavy atom. The van der Waals surface area contributed by atoms with Crippen molar-refractivity contribution in [2.45, 2.75) is 19.8 Å². The van der Waals surface area contributed by atoms with Gasteiger partial charge in [-0.2, -0.15) is 0 Å². The number of hydrogen-bond acceptors (Lipinski definition) is 4. The molecule has 1 fully saturated rings. The highest BCUT2D eigenvalue weighted by Gasteiger charge is 2.20. The molecule has 2 aromatic heterocycles. The van der Waals surface area contributed by atoms with Crippen LogP contribution in [0, 0.1) is 6.92 Å². The van der Waals surface area contributed by atoms with Gasteiger partial charge in [-0.05, 0) is 43.4 Å². The highest BCUT2D eigenvalue weighted by molar-refractivity contribution is 5.92. The van der Waals surface area contributed by atoms with Crippen molar-refractivity contribution in [3.63, 3.8) is 0 Å². The molecule has 8 heteroatoms. The number of aromatic amines is 1. The Labute approximate surface area is 207 Å². The lowest BCUT2D eigenvalue weighted by Crippen LogP contribution is -2.19. The Bertz CT molecular complexity index is 1770. The molecule has 0 amide bonds. The number of benzene rings is 3. The molecule has 182 valence electrons. The van der Waals surface area contributed by atoms with Crippen molar-refractivity contribution < 1.29 is 0 Å². The SMILES string of the molecule is Cc1[nH]n(-c2cccc3ccccc23)c(=O)c1C=Nc1cc2c(cc1N1CCCC1)n(C)c(=O)n2C. The summed E-state index contributed by atoms with van der Waals surface area (Å²) < 4.78 is 4.89. The normalized spacial score (nSPS) is 14.1. The van der Waals surface area contributed by atoms with Gasteiger partial charge in [0, 0.05) is 44.5 Å². The minimum absolute atomic E-state index is 0.0713. The molecule has 0 bridgehead atoms. The number of hydrogen-bond donors (Lipinski definition) is 1. The van der Waals surface area contributed by atoms with Crippen molar-refractivity contribution >= 4 is 39.4 Å². The van der Waals surface area contributed by atoms with Gasteiger partial charge in [-0.1, -0.05) is 36.4 Å². The predicted octanol–water partition coefficient (Wildman–Crippen LogP) is 4.17. The number of aryl methyl sites for hydroxylation is 3. The molecule has 36 heavy (non-hydrogen) atoms. The number of nitrogens with zero attached hydrogens (tertiary/aromatic N) is 5. The van der Waals surface area contributed by atoms with Gasteiger partial charge < -0.3 is 4.90 Å². The van der Waals surface area contributed by atoms with Gasteiger partial charge in [0.15, 0.2) is 0 Å². The van der Waals surface area contributed by atoms with Crippen molar-refractivity contribution in [2.75, 3.05) is 18.0 Å². The van der Waals surface area contributed by atoms with Crippen molar-refractivity contribution in [1.29, 1.82) is 0 Å². The standard InChI is InChI=1S/C28H28N6O2/c1-18-21(27(35)34(30-18)23-12-8-10-19-9-4-5-11-20(19)23)17-29-22-15-25-26(32(3)28(36)31(25)2)16-24(22)33-13-6-7-14-33/h4-5,8-12,15-17,30H,6-7,13-14H2,1-3H3. The Hall–Kier alpha value is -4.33. The summed E-state index contributed by atoms with van der Waals surface area (Å²) in [6, 6.07) is 17.9. The third kappa shape index (κ3) is 3.40. The quantitative estimate of drug-likeness (QED) is 0.392. The lowest BCUT2D eigenvalue weighted by molar-refractivity contribution is 0.795. The fourth-order valence-electron chi connectivity index (χ4n) is 5.26. The molecule has 0 atom stereocenters. The highest BCUT2D eigenvalue weighted by atomic mass is 16.1. The Balaban J connectivity index is 1.48. The fraction of sp³-hybridized carbons (Fsp3) is 0.250. The Kier molecular flexibility index (Phi) is 5.17. The van der Waals surface area contributed by atoms with Gasteiger partial charge in [0.25, 0.3) is 5.56 Å². The molecule has 6 rings (SSSR count). The largest absolute Gasteiger partial charge is 0.370 e. The summed E-state index contributed by atoms with van der Waals surface area (Å²) >= 11 is 0. The highest BCUT2D eigenvalue weighted by Crippen LogP contribution is 2.35. The van der Waals surface area contributed by atoms with E-state index < -0.39 is 0 Å². The lowest BCUT2D eigenvalue weighted by atomic mass is 10.1. The molecule has 0 unspecified atom stereocenters. The van der Waals surface area contributed by atoms with Crippen LogP contribution < -0.4 is 16.1 Å². The minimum atomic E-state index is -0.150. The van der Waals surface area contributed by atoms with Crippen molar-refractivity contribution in [2.24, 2.45) is 19.1 Å². The zero-order chi connectivity index (χ0) is 25.0. The van der Waals surface area contributed by atoms with Crippen molar-refractivity contribution in [3.8, 4) is 5.69 Å². The topological polar surface area (TPSA) is 80.3 Å². The maximum absolute atomic E-state index is 13.5. The average Bonchev–Trinajstić information content (AvgIpc) is 3.58. The molecule has 0 spiro atoms. The molecule has 1 N–H and O–H groups in total. The maximum Gasteiger partial charge on any atom is 0.328 e. The number of aliphatic imine (C=N–C) groups is 1. The monoisotopic (exact) mass is 480 g/mol. The van der Waals surface area contributed by atoms with E-state index in [2.05, 4.69) is 10.00 Å². The van der Waals surface area contributed by atoms with Crippen LogP contribution in [0.5, 0.6) is 0 Å². The molecule has 0 saturated carbocycles. The minimum Gasteiger partial charge on any atom is -0.370 e. The Morgan fingerprint density at radius 2 is 1.58 bits per heavy atom. The van der Waals surface area contributed by atoms with Crippen LogP contribution in [0.25, 0.3) is 27.5 Å². The summed E-state index contributed by atoms with van der Waals surface area (Å²) in [7, 11) is 3.56. The van der Waals surface area contributed by atoms with Crippen LogP contribution in [-0.2, 0) is 14.1 Å². The summed E-state index contributed by atoms with van der Waals surface area (Å²) in [5.74, 6) is 0. The molecule has 0 aliphatic carbocycles. The fourth-order valence-corrected chi connectivity index (χ4v) is 5.26. The van der Waals surface area contributed by atoms with Crippen LogP contribution >= 0.6 is 0 Å². The van der Waals surface area contributed by atoms with E-state index >= 15 is 0 Å². The van der Waals surface area contributed by atoms with Crippen molar-refractivity contribution in [1.82, 2.24) is 18.9 Å². The molecule has 0 radical (unpaired) electrons. The second-order valence-corrected chi connectivity index (χ2v) is 9.47. The Morgan fingerprint density at radius 1 is 0.889 bits per heavy atom. The predicted molar refractivity (Wildman–Crippen MR) is 145 cm³/mol. The van der Waals surface area contributed by atoms with Crippen LogP contribution in [-0.4, -0.2) is 38.2 Å². The number of aromatic nitrogens is 4. The summed E-state index contributed by atoms with van der Waals surface area (Å²) in [6.45, 7) is 3.79. The molecule has 3 aromatic carbocycles. The van der Waals surface area contributed by atoms with Crippen LogP contribution in [0.4, 0.5) is 11.4 Å². The third-order valence-electron chi connectivity index (χ3n) is 7.27. The number of anilines is 1. The van der Waals surface area contributed by atoms with E-state index in [0.717, 1.165) is 70.5 Å². The second-order valence-electron chi connectivity index (χ2n) is 9.47. The maximum atomic E-state index is 13.5. The van der Waals surface area contributed by atoms with Crippen LogP contribution in [0.1, 0.15) is 24.1 Å². The van der Waals surface area contributed by atoms with Gasteiger partial charge >= 0.3 is 5.69 Å². The molecule has 1 aliphatic rings. The van der Waals surface area contributed by atoms with Crippen LogP contribution in [0.3, 0.4) is 0 Å². The lowest BCUT2D eigenvalue weighted by Gasteiger charge is -2.20. The van der Waals surface area contributed by atoms with Crippen molar-refractivity contribution in [3.05, 3.63) is 86.7 Å². The van der Waals surface area contributed by atoms with Gasteiger partial charge in [-0.25, -0.2) is 9.48 Å². The van der Waals surface area contributed by atoms with Gasteiger partial charge in [0.1, 0.15) is 0 Å². The summed E-state index contributed by atoms with van der Waals surface area (Å²) in [4.78, 5) is 33.2. The van der Waals surface area contributed by atoms with E-state index in [0.29, 0.717) is 5.56 Å². The first kappa shape index (κ1) is 22.2. The van der Waals surface area contributed by atoms with E-state index in [1.165, 1.54) is 0 Å². The van der Waals surface area contributed by atoms with Gasteiger partial charge in [-0.3, -0.25) is 24.0 Å². The molecule has 1 saturated heterocycles. The van der Waals surface area contributed by atoms with E-state index in [9.17, 15) is 9.59 Å². The number of imidazole rings is 1. The number of fused-ring (bicyclic) bond motifs is 2. The molecular weight excluding hydrogens is 452 g/mol. The zero-order valence-electron chi connectivity index (χ0n) is 20.7. The molecule has 3 heterocycles. The van der Waals surface area contributed by atoms with E-state index in [1.807, 2.05) is 61.5 Å². The van der Waals surface area contributed by atoms with Crippen LogP contribution in [0.15, 0.2) is 69.2 Å². The summed E-state index contributed by atoms with van der Waals surface area (Å²) in [5.41, 5.74) is 5.27. The van der Waals surface area contributed by atoms with Gasteiger partial charge in [0.05, 0.1) is 33.7 Å². The number of nitrogens with one attached hydrogen (secondary N) is 1. The number of H-pyrrole nitrogens is 1. The third-order valence-corrected chi connectivity index (χ3v) is 7.27. The molecule has 1 aliphatic heterocycles. The first-order valence-electron chi connectivity index (χ1n) is 12.2.